The molecule has 3 aromatic rings. The van der Waals surface area contributed by atoms with Gasteiger partial charge in [0, 0.05) is 11.6 Å². The van der Waals surface area contributed by atoms with E-state index in [1.165, 1.54) is 25.0 Å². The number of anilines is 1. The number of aryl methyl sites for hydroxylation is 1. The van der Waals surface area contributed by atoms with Gasteiger partial charge in [-0.25, -0.2) is 9.07 Å². The van der Waals surface area contributed by atoms with Crippen LogP contribution in [0.3, 0.4) is 0 Å². The molecule has 1 atom stereocenters. The fourth-order valence-electron chi connectivity index (χ4n) is 3.81. The van der Waals surface area contributed by atoms with Gasteiger partial charge in [-0.2, -0.15) is 4.98 Å². The van der Waals surface area contributed by atoms with E-state index in [-0.39, 0.29) is 24.3 Å². The van der Waals surface area contributed by atoms with Gasteiger partial charge >= 0.3 is 0 Å². The van der Waals surface area contributed by atoms with E-state index < -0.39 is 0 Å². The first-order chi connectivity index (χ1) is 14.5. The number of hydrogen-bond donors (Lipinski definition) is 0. The summed E-state index contributed by atoms with van der Waals surface area (Å²) < 4.78 is 15.3. The standard InChI is InChI=1S/C23H25Cl2FN4.ClH/c1-3-12-29(22(13-16-4-5-16)17-6-9-19(26)10-7-17)23-27-15(2)30(28-23)21-11-8-18(24)14-20(21)25;/h6-11,14,16,22H,3-5,12-13H2,1-2H3;1H. The van der Waals surface area contributed by atoms with Crippen LogP contribution in [0.1, 0.15) is 50.0 Å². The highest BCUT2D eigenvalue weighted by Gasteiger charge is 2.31. The number of hydrogen-bond acceptors (Lipinski definition) is 3. The summed E-state index contributed by atoms with van der Waals surface area (Å²) in [6, 6.07) is 12.3. The van der Waals surface area contributed by atoms with Gasteiger partial charge in [-0.3, -0.25) is 0 Å². The summed E-state index contributed by atoms with van der Waals surface area (Å²) in [5, 5.41) is 5.92. The highest BCUT2D eigenvalue weighted by Crippen LogP contribution is 2.41. The molecule has 1 saturated carbocycles. The van der Waals surface area contributed by atoms with Gasteiger partial charge in [-0.1, -0.05) is 55.1 Å². The van der Waals surface area contributed by atoms with Crippen LogP contribution in [0.15, 0.2) is 42.5 Å². The molecule has 1 aliphatic rings. The van der Waals surface area contributed by atoms with E-state index in [9.17, 15) is 4.39 Å². The number of halogens is 4. The first-order valence-electron chi connectivity index (χ1n) is 10.4. The summed E-state index contributed by atoms with van der Waals surface area (Å²) in [5.74, 6) is 1.89. The molecule has 0 bridgehead atoms. The smallest absolute Gasteiger partial charge is 0.245 e. The number of aromatic nitrogens is 3. The van der Waals surface area contributed by atoms with E-state index in [0.717, 1.165) is 36.5 Å². The van der Waals surface area contributed by atoms with Crippen LogP contribution in [0.25, 0.3) is 5.69 Å². The largest absolute Gasteiger partial charge is 0.332 e. The molecule has 4 nitrogen and oxygen atoms in total. The average Bonchev–Trinajstić information content (AvgIpc) is 3.46. The molecule has 0 radical (unpaired) electrons. The van der Waals surface area contributed by atoms with Gasteiger partial charge in [0.2, 0.25) is 5.95 Å². The first-order valence-corrected chi connectivity index (χ1v) is 11.1. The molecule has 2 aromatic carbocycles. The van der Waals surface area contributed by atoms with Crippen LogP contribution in [-0.4, -0.2) is 21.3 Å². The Hall–Kier alpha value is -1.82. The zero-order valence-electron chi connectivity index (χ0n) is 17.6. The van der Waals surface area contributed by atoms with Crippen LogP contribution in [0.4, 0.5) is 10.3 Å². The molecule has 1 aromatic heterocycles. The Morgan fingerprint density at radius 3 is 2.48 bits per heavy atom. The van der Waals surface area contributed by atoms with Crippen molar-refractivity contribution in [3.05, 3.63) is 69.7 Å². The van der Waals surface area contributed by atoms with E-state index in [1.807, 2.05) is 25.1 Å². The van der Waals surface area contributed by atoms with Crippen molar-refractivity contribution >= 4 is 41.6 Å². The Balaban J connectivity index is 0.00000272. The van der Waals surface area contributed by atoms with Crippen LogP contribution < -0.4 is 4.90 Å². The maximum Gasteiger partial charge on any atom is 0.245 e. The average molecular weight is 484 g/mol. The zero-order chi connectivity index (χ0) is 21.3. The van der Waals surface area contributed by atoms with Crippen molar-refractivity contribution < 1.29 is 4.39 Å². The summed E-state index contributed by atoms with van der Waals surface area (Å²) in [5.41, 5.74) is 1.84. The molecule has 0 spiro atoms. The summed E-state index contributed by atoms with van der Waals surface area (Å²) >= 11 is 12.5. The molecule has 4 rings (SSSR count). The maximum atomic E-state index is 13.5. The van der Waals surface area contributed by atoms with Gasteiger partial charge in [-0.15, -0.1) is 17.5 Å². The van der Waals surface area contributed by atoms with Gasteiger partial charge in [0.15, 0.2) is 0 Å². The topological polar surface area (TPSA) is 34.0 Å². The molecule has 0 amide bonds. The SMILES string of the molecule is CCCN(c1nc(C)n(-c2ccc(Cl)cc2Cl)n1)C(CC1CC1)c1ccc(F)cc1.Cl. The van der Waals surface area contributed by atoms with E-state index in [2.05, 4.69) is 11.8 Å². The van der Waals surface area contributed by atoms with E-state index in [0.29, 0.717) is 21.9 Å². The normalized spacial score (nSPS) is 14.2. The lowest BCUT2D eigenvalue weighted by atomic mass is 9.99. The lowest BCUT2D eigenvalue weighted by Gasteiger charge is -2.31. The summed E-state index contributed by atoms with van der Waals surface area (Å²) in [6.07, 6.45) is 4.47. The maximum absolute atomic E-state index is 13.5. The first kappa shape index (κ1) is 23.8. The predicted molar refractivity (Wildman–Crippen MR) is 127 cm³/mol. The molecule has 8 heteroatoms. The van der Waals surface area contributed by atoms with E-state index in [1.54, 1.807) is 16.8 Å². The minimum Gasteiger partial charge on any atom is -0.332 e. The van der Waals surface area contributed by atoms with Gasteiger partial charge in [-0.05, 0) is 61.6 Å². The van der Waals surface area contributed by atoms with Crippen molar-refractivity contribution in [3.8, 4) is 5.69 Å². The molecule has 1 heterocycles. The Bertz CT molecular complexity index is 1020. The van der Waals surface area contributed by atoms with Gasteiger partial charge < -0.3 is 4.90 Å². The van der Waals surface area contributed by atoms with E-state index in [4.69, 9.17) is 33.3 Å². The Labute approximate surface area is 198 Å². The van der Waals surface area contributed by atoms with Gasteiger partial charge in [0.25, 0.3) is 0 Å². The molecule has 1 unspecified atom stereocenters. The fourth-order valence-corrected chi connectivity index (χ4v) is 4.30. The Morgan fingerprint density at radius 1 is 1.16 bits per heavy atom. The lowest BCUT2D eigenvalue weighted by Crippen LogP contribution is -2.31. The second-order valence-electron chi connectivity index (χ2n) is 7.91. The number of nitrogens with zero attached hydrogens (tertiary/aromatic N) is 4. The van der Waals surface area contributed by atoms with Gasteiger partial charge in [0.1, 0.15) is 11.6 Å². The third kappa shape index (κ3) is 5.51. The minimum absolute atomic E-state index is 0. The van der Waals surface area contributed by atoms with Crippen LogP contribution in [0.5, 0.6) is 0 Å². The quantitative estimate of drug-likeness (QED) is 0.340. The molecule has 166 valence electrons. The lowest BCUT2D eigenvalue weighted by molar-refractivity contribution is 0.525. The molecule has 31 heavy (non-hydrogen) atoms. The van der Waals surface area contributed by atoms with Crippen LogP contribution in [0.2, 0.25) is 10.0 Å². The second kappa shape index (κ2) is 10.2. The second-order valence-corrected chi connectivity index (χ2v) is 8.75. The van der Waals surface area contributed by atoms with Crippen LogP contribution in [-0.2, 0) is 0 Å². The third-order valence-corrected chi connectivity index (χ3v) is 6.04. The molecular weight excluding hydrogens is 458 g/mol. The summed E-state index contributed by atoms with van der Waals surface area (Å²) in [7, 11) is 0. The molecule has 1 fully saturated rings. The molecule has 1 aliphatic carbocycles. The highest BCUT2D eigenvalue weighted by atomic mass is 35.5. The van der Waals surface area contributed by atoms with Crippen molar-refractivity contribution in [1.82, 2.24) is 14.8 Å². The van der Waals surface area contributed by atoms with Crippen molar-refractivity contribution in [2.75, 3.05) is 11.4 Å². The minimum atomic E-state index is -0.221. The molecule has 0 N–H and O–H groups in total. The summed E-state index contributed by atoms with van der Waals surface area (Å²) in [4.78, 5) is 7.02. The predicted octanol–water partition coefficient (Wildman–Crippen LogP) is 7.20. The Morgan fingerprint density at radius 2 is 1.87 bits per heavy atom. The van der Waals surface area contributed by atoms with Crippen molar-refractivity contribution in [1.29, 1.82) is 0 Å². The van der Waals surface area contributed by atoms with Crippen LogP contribution in [0, 0.1) is 18.7 Å². The molecular formula is C23H26Cl3FN4. The monoisotopic (exact) mass is 482 g/mol. The van der Waals surface area contributed by atoms with Crippen LogP contribution >= 0.6 is 35.6 Å². The number of benzene rings is 2. The summed E-state index contributed by atoms with van der Waals surface area (Å²) in [6.45, 7) is 4.87. The number of rotatable bonds is 8. The van der Waals surface area contributed by atoms with Crippen molar-refractivity contribution in [3.63, 3.8) is 0 Å². The van der Waals surface area contributed by atoms with E-state index >= 15 is 0 Å². The highest BCUT2D eigenvalue weighted by molar-refractivity contribution is 6.35. The molecule has 0 saturated heterocycles. The molecule has 0 aliphatic heterocycles. The zero-order valence-corrected chi connectivity index (χ0v) is 19.9. The van der Waals surface area contributed by atoms with Crippen molar-refractivity contribution in [2.24, 2.45) is 5.92 Å². The third-order valence-electron chi connectivity index (χ3n) is 5.50. The fraction of sp³-hybridized carbons (Fsp3) is 0.391. The Kier molecular flexibility index (Phi) is 7.84. The van der Waals surface area contributed by atoms with Gasteiger partial charge in [0.05, 0.1) is 16.8 Å². The van der Waals surface area contributed by atoms with Crippen molar-refractivity contribution in [2.45, 2.75) is 45.6 Å².